The van der Waals surface area contributed by atoms with Crippen LogP contribution in [0.5, 0.6) is 0 Å². The number of aromatic nitrogens is 1. The Kier molecular flexibility index (Phi) is 6.71. The molecule has 2 aliphatic rings. The summed E-state index contributed by atoms with van der Waals surface area (Å²) in [4.78, 5) is 5.54. The van der Waals surface area contributed by atoms with Gasteiger partial charge in [0.2, 0.25) is 5.96 Å². The molecule has 2 heterocycles. The quantitative estimate of drug-likeness (QED) is 0.188. The molecule has 7 aromatic carbocycles. The molecule has 0 spiro atoms. The van der Waals surface area contributed by atoms with E-state index in [2.05, 4.69) is 180 Å². The first kappa shape index (κ1) is 29.0. The number of aliphatic imine (C=N–C) groups is 1. The highest BCUT2D eigenvalue weighted by atomic mass is 15.4. The number of benzene rings is 7. The summed E-state index contributed by atoms with van der Waals surface area (Å²) in [5.74, 6) is 1.40. The summed E-state index contributed by atoms with van der Waals surface area (Å²) in [5.41, 5.74) is 7.10. The Morgan fingerprint density at radius 2 is 1.38 bits per heavy atom. The molecule has 50 heavy (non-hydrogen) atoms. The van der Waals surface area contributed by atoms with Gasteiger partial charge >= 0.3 is 0 Å². The van der Waals surface area contributed by atoms with Crippen molar-refractivity contribution in [2.75, 3.05) is 0 Å². The van der Waals surface area contributed by atoms with Crippen molar-refractivity contribution in [3.8, 4) is 0 Å². The maximum Gasteiger partial charge on any atom is 0.206 e. The fourth-order valence-electron chi connectivity index (χ4n) is 8.13. The number of fused-ring (bicyclic) bond motifs is 10. The molecular weight excluding hydrogens is 609 g/mol. The summed E-state index contributed by atoms with van der Waals surface area (Å²) in [7, 11) is 0. The lowest BCUT2D eigenvalue weighted by molar-refractivity contribution is 0.403. The van der Waals surface area contributed by atoms with Crippen molar-refractivity contribution in [2.24, 2.45) is 10.9 Å². The van der Waals surface area contributed by atoms with E-state index in [0.717, 1.165) is 29.0 Å². The largest absolute Gasteiger partial charge is 0.336 e. The number of rotatable bonds is 3. The zero-order valence-corrected chi connectivity index (χ0v) is 27.8. The Morgan fingerprint density at radius 1 is 0.640 bits per heavy atom. The lowest BCUT2D eigenvalue weighted by Gasteiger charge is -2.33. The van der Waals surface area contributed by atoms with Crippen molar-refractivity contribution < 1.29 is 0 Å². The van der Waals surface area contributed by atoms with Crippen molar-refractivity contribution in [1.29, 1.82) is 0 Å². The Bertz CT molecular complexity index is 2710. The van der Waals surface area contributed by atoms with Crippen LogP contribution in [0.4, 0.5) is 0 Å². The summed E-state index contributed by atoms with van der Waals surface area (Å²) >= 11 is 0. The molecule has 4 heteroatoms. The third kappa shape index (κ3) is 4.60. The van der Waals surface area contributed by atoms with Gasteiger partial charge < -0.3 is 5.32 Å². The van der Waals surface area contributed by atoms with E-state index in [-0.39, 0.29) is 12.3 Å². The van der Waals surface area contributed by atoms with Gasteiger partial charge in [0, 0.05) is 21.5 Å². The van der Waals surface area contributed by atoms with Crippen molar-refractivity contribution in [1.82, 2.24) is 15.2 Å². The van der Waals surface area contributed by atoms with Gasteiger partial charge in [0.05, 0.1) is 11.0 Å². The molecule has 240 valence electrons. The highest BCUT2D eigenvalue weighted by Crippen LogP contribution is 2.44. The molecule has 0 amide bonds. The van der Waals surface area contributed by atoms with Crippen molar-refractivity contribution >= 4 is 65.7 Å². The third-order valence-corrected chi connectivity index (χ3v) is 10.6. The van der Waals surface area contributed by atoms with Gasteiger partial charge in [-0.05, 0) is 68.3 Å². The normalized spacial score (nSPS) is 19.3. The average molecular weight is 645 g/mol. The Labute approximate surface area is 291 Å². The number of para-hydroxylation sites is 1. The van der Waals surface area contributed by atoms with Crippen LogP contribution in [0.25, 0.3) is 59.7 Å². The summed E-state index contributed by atoms with van der Waals surface area (Å²) in [5, 5.41) is 17.7. The second kappa shape index (κ2) is 11.6. The first-order valence-corrected chi connectivity index (χ1v) is 17.6. The minimum absolute atomic E-state index is 0.157. The zero-order chi connectivity index (χ0) is 33.2. The molecule has 2 N–H and O–H groups in total. The number of hydrogen-bond acceptors (Lipinski definition) is 3. The standard InChI is InChI=1S/C46H36N4/c1-29-22-24-30(25-23-29)33-15-11-16-34(28-33)45-47-44(32-13-3-2-4-14-32)48-46(49-45)50-40-21-10-9-20-39(40)42-41-35-17-6-5-12-31(35)26-27-37(41)36-18-7-8-19-38(36)43(42)50/h2-22,24-29,44-45,47H,23H2,1H3,(H,48,49). The van der Waals surface area contributed by atoms with Gasteiger partial charge in [-0.15, -0.1) is 0 Å². The van der Waals surface area contributed by atoms with E-state index >= 15 is 0 Å². The molecule has 1 aliphatic carbocycles. The van der Waals surface area contributed by atoms with Gasteiger partial charge in [0.15, 0.2) is 0 Å². The Hall–Kier alpha value is -5.97. The molecule has 3 atom stereocenters. The molecule has 3 unspecified atom stereocenters. The molecule has 0 radical (unpaired) electrons. The molecule has 0 bridgehead atoms. The second-order valence-corrected chi connectivity index (χ2v) is 13.7. The summed E-state index contributed by atoms with van der Waals surface area (Å²) < 4.78 is 2.38. The van der Waals surface area contributed by atoms with Crippen molar-refractivity contribution in [2.45, 2.75) is 25.7 Å². The van der Waals surface area contributed by atoms with Gasteiger partial charge in [-0.1, -0.05) is 153 Å². The van der Waals surface area contributed by atoms with Gasteiger partial charge in [-0.3, -0.25) is 9.88 Å². The summed E-state index contributed by atoms with van der Waals surface area (Å²) in [6.45, 7) is 2.27. The number of hydrogen-bond donors (Lipinski definition) is 2. The van der Waals surface area contributed by atoms with Crippen LogP contribution >= 0.6 is 0 Å². The van der Waals surface area contributed by atoms with Crippen LogP contribution < -0.4 is 10.6 Å². The molecule has 0 saturated carbocycles. The molecule has 1 aliphatic heterocycles. The number of allylic oxidation sites excluding steroid dienone is 4. The maximum atomic E-state index is 5.54. The van der Waals surface area contributed by atoms with Crippen LogP contribution in [-0.4, -0.2) is 10.5 Å². The van der Waals surface area contributed by atoms with E-state index in [9.17, 15) is 0 Å². The fraction of sp³-hybridized carbons (Fsp3) is 0.109. The minimum Gasteiger partial charge on any atom is -0.336 e. The zero-order valence-electron chi connectivity index (χ0n) is 27.8. The Morgan fingerprint density at radius 3 is 2.22 bits per heavy atom. The van der Waals surface area contributed by atoms with Crippen LogP contribution in [0.1, 0.15) is 42.4 Å². The lowest BCUT2D eigenvalue weighted by atomic mass is 9.93. The molecule has 10 rings (SSSR count). The Balaban J connectivity index is 1.26. The number of nitrogens with one attached hydrogen (secondary N) is 2. The molecule has 0 saturated heterocycles. The fourth-order valence-corrected chi connectivity index (χ4v) is 8.13. The van der Waals surface area contributed by atoms with Gasteiger partial charge in [-0.25, -0.2) is 4.99 Å². The highest BCUT2D eigenvalue weighted by molar-refractivity contribution is 6.37. The predicted molar refractivity (Wildman–Crippen MR) is 210 cm³/mol. The van der Waals surface area contributed by atoms with Crippen LogP contribution in [0.15, 0.2) is 163 Å². The monoisotopic (exact) mass is 644 g/mol. The molecule has 0 fully saturated rings. The van der Waals surface area contributed by atoms with E-state index in [4.69, 9.17) is 4.99 Å². The van der Waals surface area contributed by atoms with E-state index in [0.29, 0.717) is 5.92 Å². The van der Waals surface area contributed by atoms with Gasteiger partial charge in [0.25, 0.3) is 0 Å². The first-order chi connectivity index (χ1) is 24.7. The minimum atomic E-state index is -0.271. The van der Waals surface area contributed by atoms with Gasteiger partial charge in [0.1, 0.15) is 12.3 Å². The van der Waals surface area contributed by atoms with Crippen LogP contribution in [-0.2, 0) is 0 Å². The predicted octanol–water partition coefficient (Wildman–Crippen LogP) is 11.0. The van der Waals surface area contributed by atoms with E-state index in [1.807, 2.05) is 0 Å². The lowest BCUT2D eigenvalue weighted by Crippen LogP contribution is -2.47. The second-order valence-electron chi connectivity index (χ2n) is 13.7. The van der Waals surface area contributed by atoms with E-state index in [1.54, 1.807) is 0 Å². The topological polar surface area (TPSA) is 41.4 Å². The van der Waals surface area contributed by atoms with Crippen molar-refractivity contribution in [3.63, 3.8) is 0 Å². The third-order valence-electron chi connectivity index (χ3n) is 10.6. The molecule has 1 aromatic heterocycles. The van der Waals surface area contributed by atoms with Gasteiger partial charge in [-0.2, -0.15) is 0 Å². The van der Waals surface area contributed by atoms with Crippen LogP contribution in [0.2, 0.25) is 0 Å². The molecule has 8 aromatic rings. The van der Waals surface area contributed by atoms with E-state index in [1.165, 1.54) is 59.7 Å². The smallest absolute Gasteiger partial charge is 0.206 e. The number of nitrogens with zero attached hydrogens (tertiary/aromatic N) is 2. The van der Waals surface area contributed by atoms with Crippen molar-refractivity contribution in [3.05, 3.63) is 174 Å². The highest BCUT2D eigenvalue weighted by Gasteiger charge is 2.29. The van der Waals surface area contributed by atoms with E-state index < -0.39 is 0 Å². The van der Waals surface area contributed by atoms with Crippen LogP contribution in [0.3, 0.4) is 0 Å². The summed E-state index contributed by atoms with van der Waals surface area (Å²) in [6.07, 6.45) is 7.57. The van der Waals surface area contributed by atoms with Crippen LogP contribution in [0, 0.1) is 5.92 Å². The maximum absolute atomic E-state index is 5.54. The molecular formula is C46H36N4. The average Bonchev–Trinajstić information content (AvgIpc) is 3.54. The summed E-state index contributed by atoms with van der Waals surface area (Å²) in [6, 6.07) is 50.5. The molecule has 4 nitrogen and oxygen atoms in total. The SMILES string of the molecule is CC1C=CC(c2cccc(C3N=C(n4c5ccccc5c5c6c7ccccc7ccc6c6ccccc6c54)NC(c4ccccc4)N3)c2)=CC1. The first-order valence-electron chi connectivity index (χ1n) is 17.6.